The van der Waals surface area contributed by atoms with E-state index in [0.717, 1.165) is 5.82 Å². The standard InChI is InChI=1S/C15H24ClN5O2/c1-15(2,3)23-14(22)21-8-6-20(7-9-21)13-17-11(16)10-12(18-13)19(4)5/h10H,6-9H2,1-5H3. The van der Waals surface area contributed by atoms with Gasteiger partial charge in [0.1, 0.15) is 16.6 Å². The smallest absolute Gasteiger partial charge is 0.410 e. The fraction of sp³-hybridized carbons (Fsp3) is 0.667. The minimum Gasteiger partial charge on any atom is -0.444 e. The lowest BCUT2D eigenvalue weighted by atomic mass is 10.2. The fourth-order valence-corrected chi connectivity index (χ4v) is 2.35. The zero-order valence-electron chi connectivity index (χ0n) is 14.3. The van der Waals surface area contributed by atoms with E-state index in [1.165, 1.54) is 0 Å². The minimum atomic E-state index is -0.481. The van der Waals surface area contributed by atoms with Crippen LogP contribution in [0.15, 0.2) is 6.07 Å². The van der Waals surface area contributed by atoms with Gasteiger partial charge in [-0.05, 0) is 20.8 Å². The lowest BCUT2D eigenvalue weighted by Gasteiger charge is -2.35. The predicted octanol–water partition coefficient (Wildman–Crippen LogP) is 2.25. The van der Waals surface area contributed by atoms with Crippen LogP contribution in [-0.4, -0.2) is 66.8 Å². The summed E-state index contributed by atoms with van der Waals surface area (Å²) in [5, 5.41) is 0.410. The first-order valence-corrected chi connectivity index (χ1v) is 7.98. The number of carbonyl (C=O) groups is 1. The molecule has 0 bridgehead atoms. The third-order valence-electron chi connectivity index (χ3n) is 3.34. The summed E-state index contributed by atoms with van der Waals surface area (Å²) >= 11 is 6.08. The number of hydrogen-bond donors (Lipinski definition) is 0. The highest BCUT2D eigenvalue weighted by molar-refractivity contribution is 6.29. The van der Waals surface area contributed by atoms with Crippen LogP contribution < -0.4 is 9.80 Å². The van der Waals surface area contributed by atoms with Crippen LogP contribution in [0.5, 0.6) is 0 Å². The van der Waals surface area contributed by atoms with Crippen LogP contribution in [0.2, 0.25) is 5.15 Å². The molecule has 0 N–H and O–H groups in total. The Labute approximate surface area is 142 Å². The second-order valence-corrected chi connectivity index (χ2v) is 7.08. The maximum absolute atomic E-state index is 12.1. The van der Waals surface area contributed by atoms with E-state index in [2.05, 4.69) is 9.97 Å². The zero-order valence-corrected chi connectivity index (χ0v) is 15.1. The molecule has 0 saturated carbocycles. The largest absolute Gasteiger partial charge is 0.444 e. The summed E-state index contributed by atoms with van der Waals surface area (Å²) in [6, 6.07) is 1.72. The van der Waals surface area contributed by atoms with Gasteiger partial charge in [-0.25, -0.2) is 9.78 Å². The Morgan fingerprint density at radius 1 is 1.22 bits per heavy atom. The van der Waals surface area contributed by atoms with E-state index in [0.29, 0.717) is 37.3 Å². The molecule has 1 aliphatic heterocycles. The molecule has 0 unspecified atom stereocenters. The molecule has 0 aliphatic carbocycles. The highest BCUT2D eigenvalue weighted by Crippen LogP contribution is 2.20. The highest BCUT2D eigenvalue weighted by Gasteiger charge is 2.27. The van der Waals surface area contributed by atoms with Crippen molar-refractivity contribution in [3.8, 4) is 0 Å². The molecular formula is C15H24ClN5O2. The molecule has 8 heteroatoms. The third kappa shape index (κ3) is 4.86. The van der Waals surface area contributed by atoms with Crippen LogP contribution in [0.1, 0.15) is 20.8 Å². The quantitative estimate of drug-likeness (QED) is 0.769. The van der Waals surface area contributed by atoms with Gasteiger partial charge in [-0.15, -0.1) is 0 Å². The Hall–Kier alpha value is -1.76. The van der Waals surface area contributed by atoms with Gasteiger partial charge >= 0.3 is 6.09 Å². The van der Waals surface area contributed by atoms with Crippen molar-refractivity contribution in [2.24, 2.45) is 0 Å². The van der Waals surface area contributed by atoms with Crippen molar-refractivity contribution in [3.63, 3.8) is 0 Å². The Balaban J connectivity index is 2.01. The number of nitrogens with zero attached hydrogens (tertiary/aromatic N) is 5. The number of halogens is 1. The molecule has 1 aromatic heterocycles. The van der Waals surface area contributed by atoms with E-state index < -0.39 is 5.60 Å². The third-order valence-corrected chi connectivity index (χ3v) is 3.54. The van der Waals surface area contributed by atoms with Crippen molar-refractivity contribution in [1.82, 2.24) is 14.9 Å². The van der Waals surface area contributed by atoms with Gasteiger partial charge in [0.25, 0.3) is 0 Å². The van der Waals surface area contributed by atoms with Crippen molar-refractivity contribution in [3.05, 3.63) is 11.2 Å². The van der Waals surface area contributed by atoms with Crippen LogP contribution >= 0.6 is 11.6 Å². The Bertz CT molecular complexity index is 565. The first-order valence-electron chi connectivity index (χ1n) is 7.60. The number of aromatic nitrogens is 2. The topological polar surface area (TPSA) is 61.8 Å². The van der Waals surface area contributed by atoms with Gasteiger partial charge in [-0.1, -0.05) is 11.6 Å². The molecular weight excluding hydrogens is 318 g/mol. The number of carbonyl (C=O) groups excluding carboxylic acids is 1. The van der Waals surface area contributed by atoms with Gasteiger partial charge in [0.2, 0.25) is 5.95 Å². The molecule has 2 rings (SSSR count). The Kier molecular flexibility index (Phi) is 5.19. The number of ether oxygens (including phenoxy) is 1. The monoisotopic (exact) mass is 341 g/mol. The normalized spacial score (nSPS) is 15.6. The van der Waals surface area contributed by atoms with Crippen LogP contribution in [0.4, 0.5) is 16.6 Å². The van der Waals surface area contributed by atoms with Crippen molar-refractivity contribution < 1.29 is 9.53 Å². The summed E-state index contributed by atoms with van der Waals surface area (Å²) in [6.45, 7) is 8.03. The number of piperazine rings is 1. The van der Waals surface area contributed by atoms with Gasteiger partial charge < -0.3 is 19.4 Å². The summed E-state index contributed by atoms with van der Waals surface area (Å²) in [5.41, 5.74) is -0.481. The van der Waals surface area contributed by atoms with E-state index in [9.17, 15) is 4.79 Å². The second kappa shape index (κ2) is 6.78. The summed E-state index contributed by atoms with van der Waals surface area (Å²) in [5.74, 6) is 1.35. The van der Waals surface area contributed by atoms with Gasteiger partial charge in [-0.2, -0.15) is 4.98 Å². The number of amides is 1. The average molecular weight is 342 g/mol. The van der Waals surface area contributed by atoms with Gasteiger partial charge in [0.05, 0.1) is 0 Å². The molecule has 7 nitrogen and oxygen atoms in total. The lowest BCUT2D eigenvalue weighted by molar-refractivity contribution is 0.0240. The maximum atomic E-state index is 12.1. The molecule has 2 heterocycles. The Morgan fingerprint density at radius 2 is 1.83 bits per heavy atom. The molecule has 1 amide bonds. The molecule has 0 atom stereocenters. The van der Waals surface area contributed by atoms with Crippen molar-refractivity contribution in [2.45, 2.75) is 26.4 Å². The van der Waals surface area contributed by atoms with Crippen LogP contribution in [0.3, 0.4) is 0 Å². The molecule has 1 fully saturated rings. The lowest BCUT2D eigenvalue weighted by Crippen LogP contribution is -2.50. The molecule has 0 aromatic carbocycles. The fourth-order valence-electron chi connectivity index (χ4n) is 2.18. The molecule has 1 aliphatic rings. The van der Waals surface area contributed by atoms with E-state index in [-0.39, 0.29) is 6.09 Å². The summed E-state index contributed by atoms with van der Waals surface area (Å²) in [4.78, 5) is 26.5. The van der Waals surface area contributed by atoms with Crippen molar-refractivity contribution >= 4 is 29.5 Å². The van der Waals surface area contributed by atoms with Crippen LogP contribution in [0, 0.1) is 0 Å². The van der Waals surface area contributed by atoms with E-state index in [1.54, 1.807) is 11.0 Å². The predicted molar refractivity (Wildman–Crippen MR) is 91.4 cm³/mol. The zero-order chi connectivity index (χ0) is 17.2. The van der Waals surface area contributed by atoms with E-state index in [4.69, 9.17) is 16.3 Å². The van der Waals surface area contributed by atoms with Gasteiger partial charge in [0.15, 0.2) is 0 Å². The second-order valence-electron chi connectivity index (χ2n) is 6.70. The highest BCUT2D eigenvalue weighted by atomic mass is 35.5. The number of anilines is 2. The van der Waals surface area contributed by atoms with Crippen molar-refractivity contribution in [2.75, 3.05) is 50.1 Å². The number of rotatable bonds is 2. The SMILES string of the molecule is CN(C)c1cc(Cl)nc(N2CCN(C(=O)OC(C)(C)C)CC2)n1. The van der Waals surface area contributed by atoms with Gasteiger partial charge in [0, 0.05) is 46.3 Å². The Morgan fingerprint density at radius 3 is 2.35 bits per heavy atom. The summed E-state index contributed by atoms with van der Waals surface area (Å²) in [7, 11) is 3.81. The minimum absolute atomic E-state index is 0.279. The van der Waals surface area contributed by atoms with E-state index in [1.807, 2.05) is 44.7 Å². The van der Waals surface area contributed by atoms with Gasteiger partial charge in [-0.3, -0.25) is 0 Å². The number of hydrogen-bond acceptors (Lipinski definition) is 6. The molecule has 1 aromatic rings. The summed E-state index contributed by atoms with van der Waals surface area (Å²) < 4.78 is 5.40. The molecule has 1 saturated heterocycles. The summed E-state index contributed by atoms with van der Waals surface area (Å²) in [6.07, 6.45) is -0.279. The first kappa shape index (κ1) is 17.6. The molecule has 128 valence electrons. The van der Waals surface area contributed by atoms with Crippen molar-refractivity contribution in [1.29, 1.82) is 0 Å². The average Bonchev–Trinajstić information content (AvgIpc) is 2.45. The molecule has 0 radical (unpaired) electrons. The first-order chi connectivity index (χ1) is 10.7. The molecule has 0 spiro atoms. The van der Waals surface area contributed by atoms with Crippen LogP contribution in [-0.2, 0) is 4.74 Å². The van der Waals surface area contributed by atoms with Crippen LogP contribution in [0.25, 0.3) is 0 Å². The maximum Gasteiger partial charge on any atom is 0.410 e. The molecule has 23 heavy (non-hydrogen) atoms. The van der Waals surface area contributed by atoms with E-state index >= 15 is 0 Å².